The van der Waals surface area contributed by atoms with E-state index >= 15 is 0 Å². The van der Waals surface area contributed by atoms with E-state index in [0.29, 0.717) is 12.3 Å². The molecule has 5 heteroatoms. The first kappa shape index (κ1) is 20.5. The maximum Gasteiger partial charge on any atom is 0.405 e. The van der Waals surface area contributed by atoms with E-state index in [0.717, 1.165) is 29.1 Å². The second-order valence-electron chi connectivity index (χ2n) is 6.88. The van der Waals surface area contributed by atoms with Crippen LogP contribution in [-0.2, 0) is 15.5 Å². The van der Waals surface area contributed by atoms with Crippen LogP contribution in [0.1, 0.15) is 63.9 Å². The number of unbranched alkanes of at least 4 members (excludes halogenated alkanes) is 1. The van der Waals surface area contributed by atoms with Gasteiger partial charge in [-0.25, -0.2) is 4.79 Å². The Morgan fingerprint density at radius 3 is 2.81 bits per heavy atom. The Bertz CT molecular complexity index is 671. The number of benzene rings is 1. The molecule has 2 N–H and O–H groups in total. The molecule has 1 aliphatic carbocycles. The monoisotopic (exact) mass is 375 g/mol. The quantitative estimate of drug-likeness (QED) is 0.719. The van der Waals surface area contributed by atoms with Gasteiger partial charge in [-0.05, 0) is 49.8 Å². The molecule has 1 fully saturated rings. The van der Waals surface area contributed by atoms with Gasteiger partial charge in [0.05, 0.1) is 10.8 Å². The van der Waals surface area contributed by atoms with Crippen molar-refractivity contribution in [3.63, 3.8) is 0 Å². The van der Waals surface area contributed by atoms with E-state index in [1.807, 2.05) is 24.3 Å². The number of rotatable bonds is 7. The third-order valence-electron chi connectivity index (χ3n) is 4.66. The number of ether oxygens (including phenoxy) is 1. The van der Waals surface area contributed by atoms with E-state index in [2.05, 4.69) is 18.8 Å². The molecule has 26 heavy (non-hydrogen) atoms. The van der Waals surface area contributed by atoms with E-state index in [1.54, 1.807) is 0 Å². The fourth-order valence-electron chi connectivity index (χ4n) is 3.23. The Labute approximate surface area is 159 Å². The SMILES string of the molecule is CCCCC(C#Cc1cccc(S(=O)CC2CCCCC2)c1)OC(N)=O. The van der Waals surface area contributed by atoms with Crippen molar-refractivity contribution in [1.29, 1.82) is 0 Å². The van der Waals surface area contributed by atoms with Gasteiger partial charge in [-0.2, -0.15) is 0 Å². The van der Waals surface area contributed by atoms with E-state index in [9.17, 15) is 9.00 Å². The normalized spacial score (nSPS) is 17.0. The van der Waals surface area contributed by atoms with Crippen LogP contribution in [0.5, 0.6) is 0 Å². The number of amides is 1. The van der Waals surface area contributed by atoms with Crippen LogP contribution in [0.4, 0.5) is 4.79 Å². The average molecular weight is 376 g/mol. The minimum Gasteiger partial charge on any atom is -0.433 e. The molecule has 2 rings (SSSR count). The van der Waals surface area contributed by atoms with E-state index in [4.69, 9.17) is 10.5 Å². The highest BCUT2D eigenvalue weighted by Crippen LogP contribution is 2.25. The molecule has 0 bridgehead atoms. The summed E-state index contributed by atoms with van der Waals surface area (Å²) in [7, 11) is -0.993. The lowest BCUT2D eigenvalue weighted by Gasteiger charge is -2.20. The first-order valence-corrected chi connectivity index (χ1v) is 10.9. The van der Waals surface area contributed by atoms with Gasteiger partial charge in [0, 0.05) is 16.2 Å². The number of carbonyl (C=O) groups excluding carboxylic acids is 1. The van der Waals surface area contributed by atoms with Gasteiger partial charge in [-0.1, -0.05) is 50.5 Å². The minimum atomic E-state index is -0.993. The minimum absolute atomic E-state index is 0.496. The molecule has 0 heterocycles. The summed E-state index contributed by atoms with van der Waals surface area (Å²) in [4.78, 5) is 11.8. The molecule has 1 aromatic rings. The predicted octanol–water partition coefficient (Wildman–Crippen LogP) is 4.38. The Kier molecular flexibility index (Phi) is 8.70. The van der Waals surface area contributed by atoms with Gasteiger partial charge in [-0.3, -0.25) is 4.21 Å². The molecule has 2 atom stereocenters. The number of hydrogen-bond donors (Lipinski definition) is 1. The molecule has 2 unspecified atom stereocenters. The molecular formula is C21H29NO3S. The topological polar surface area (TPSA) is 69.4 Å². The van der Waals surface area contributed by atoms with Gasteiger partial charge in [-0.15, -0.1) is 0 Å². The van der Waals surface area contributed by atoms with Crippen molar-refractivity contribution in [3.8, 4) is 11.8 Å². The van der Waals surface area contributed by atoms with Crippen molar-refractivity contribution < 1.29 is 13.7 Å². The Morgan fingerprint density at radius 2 is 2.12 bits per heavy atom. The van der Waals surface area contributed by atoms with Crippen LogP contribution in [0.3, 0.4) is 0 Å². The van der Waals surface area contributed by atoms with Crippen LogP contribution < -0.4 is 5.73 Å². The first-order chi connectivity index (χ1) is 12.6. The molecule has 0 radical (unpaired) electrons. The lowest BCUT2D eigenvalue weighted by molar-refractivity contribution is 0.128. The summed E-state index contributed by atoms with van der Waals surface area (Å²) in [6.45, 7) is 2.07. The van der Waals surface area contributed by atoms with E-state index in [-0.39, 0.29) is 0 Å². The van der Waals surface area contributed by atoms with Gasteiger partial charge < -0.3 is 10.5 Å². The molecule has 0 spiro atoms. The van der Waals surface area contributed by atoms with Crippen LogP contribution in [0.25, 0.3) is 0 Å². The zero-order valence-electron chi connectivity index (χ0n) is 15.5. The smallest absolute Gasteiger partial charge is 0.405 e. The number of hydrogen-bond acceptors (Lipinski definition) is 3. The summed E-state index contributed by atoms with van der Waals surface area (Å²) in [5, 5.41) is 0. The van der Waals surface area contributed by atoms with Crippen LogP contribution in [0.2, 0.25) is 0 Å². The van der Waals surface area contributed by atoms with Gasteiger partial charge in [0.2, 0.25) is 0 Å². The zero-order chi connectivity index (χ0) is 18.8. The van der Waals surface area contributed by atoms with Gasteiger partial charge >= 0.3 is 6.09 Å². The zero-order valence-corrected chi connectivity index (χ0v) is 16.4. The first-order valence-electron chi connectivity index (χ1n) is 9.54. The van der Waals surface area contributed by atoms with Crippen molar-refractivity contribution in [2.45, 2.75) is 69.3 Å². The second kappa shape index (κ2) is 11.0. The van der Waals surface area contributed by atoms with Crippen LogP contribution in [0.15, 0.2) is 29.2 Å². The lowest BCUT2D eigenvalue weighted by Crippen LogP contribution is -2.21. The fraction of sp³-hybridized carbons (Fsp3) is 0.571. The maximum absolute atomic E-state index is 12.7. The third kappa shape index (κ3) is 7.21. The number of nitrogens with two attached hydrogens (primary N) is 1. The fourth-order valence-corrected chi connectivity index (χ4v) is 4.68. The second-order valence-corrected chi connectivity index (χ2v) is 8.38. The highest BCUT2D eigenvalue weighted by Gasteiger charge is 2.17. The molecule has 1 aliphatic rings. The summed E-state index contributed by atoms with van der Waals surface area (Å²) >= 11 is 0. The van der Waals surface area contributed by atoms with Crippen molar-refractivity contribution in [2.75, 3.05) is 5.75 Å². The van der Waals surface area contributed by atoms with Crippen molar-refractivity contribution >= 4 is 16.9 Å². The summed E-state index contributed by atoms with van der Waals surface area (Å²) in [6.07, 6.45) is 7.48. The maximum atomic E-state index is 12.7. The van der Waals surface area contributed by atoms with Gasteiger partial charge in [0.1, 0.15) is 0 Å². The molecule has 0 saturated heterocycles. The third-order valence-corrected chi connectivity index (χ3v) is 6.22. The van der Waals surface area contributed by atoms with E-state index < -0.39 is 23.0 Å². The highest BCUT2D eigenvalue weighted by atomic mass is 32.2. The summed E-state index contributed by atoms with van der Waals surface area (Å²) in [6, 6.07) is 7.55. The molecule has 142 valence electrons. The number of carbonyl (C=O) groups is 1. The van der Waals surface area contributed by atoms with Crippen LogP contribution in [-0.4, -0.2) is 22.2 Å². The summed E-state index contributed by atoms with van der Waals surface area (Å²) in [5.74, 6) is 7.33. The summed E-state index contributed by atoms with van der Waals surface area (Å²) in [5.41, 5.74) is 5.90. The Hall–Kier alpha value is -1.80. The highest BCUT2D eigenvalue weighted by molar-refractivity contribution is 7.85. The van der Waals surface area contributed by atoms with Gasteiger partial charge in [0.25, 0.3) is 0 Å². The Morgan fingerprint density at radius 1 is 1.35 bits per heavy atom. The summed E-state index contributed by atoms with van der Waals surface area (Å²) < 4.78 is 17.7. The van der Waals surface area contributed by atoms with Crippen LogP contribution >= 0.6 is 0 Å². The van der Waals surface area contributed by atoms with Crippen molar-refractivity contribution in [1.82, 2.24) is 0 Å². The van der Waals surface area contributed by atoms with E-state index in [1.165, 1.54) is 32.1 Å². The lowest BCUT2D eigenvalue weighted by atomic mass is 9.91. The van der Waals surface area contributed by atoms with Gasteiger partial charge in [0.15, 0.2) is 6.10 Å². The average Bonchev–Trinajstić information content (AvgIpc) is 2.64. The molecular weight excluding hydrogens is 346 g/mol. The molecule has 1 aromatic carbocycles. The van der Waals surface area contributed by atoms with Crippen molar-refractivity contribution in [2.24, 2.45) is 11.7 Å². The predicted molar refractivity (Wildman–Crippen MR) is 105 cm³/mol. The standard InChI is InChI=1S/C21H29NO3S/c1-2-3-11-19(25-21(22)23)14-13-17-10-7-12-20(15-17)26(24)16-18-8-5-4-6-9-18/h7,10,12,15,18-19H,2-6,8-9,11,16H2,1H3,(H2,22,23). The molecule has 1 amide bonds. The molecule has 0 aliphatic heterocycles. The largest absolute Gasteiger partial charge is 0.433 e. The van der Waals surface area contributed by atoms with Crippen LogP contribution in [0, 0.1) is 17.8 Å². The Balaban J connectivity index is 2.03. The molecule has 4 nitrogen and oxygen atoms in total. The van der Waals surface area contributed by atoms with Crippen molar-refractivity contribution in [3.05, 3.63) is 29.8 Å². The molecule has 0 aromatic heterocycles. The molecule has 1 saturated carbocycles. The number of primary amides is 1.